The molecular formula is C17H18ClFN4. The van der Waals surface area contributed by atoms with Gasteiger partial charge < -0.3 is 10.6 Å². The molecule has 2 heterocycles. The van der Waals surface area contributed by atoms with Crippen molar-refractivity contribution in [2.45, 2.75) is 18.9 Å². The first-order valence-corrected chi connectivity index (χ1v) is 8.31. The largest absolute Gasteiger partial charge is 0.351 e. The van der Waals surface area contributed by atoms with Gasteiger partial charge in [-0.1, -0.05) is 11.6 Å². The predicted octanol–water partition coefficient (Wildman–Crippen LogP) is 3.35. The van der Waals surface area contributed by atoms with E-state index in [0.29, 0.717) is 28.1 Å². The molecule has 1 aromatic heterocycles. The number of halogens is 2. The van der Waals surface area contributed by atoms with Gasteiger partial charge in [0.2, 0.25) is 5.95 Å². The van der Waals surface area contributed by atoms with E-state index in [0.717, 1.165) is 24.9 Å². The lowest BCUT2D eigenvalue weighted by molar-refractivity contribution is 0.494. The Hall–Kier alpha value is -1.72. The van der Waals surface area contributed by atoms with Gasteiger partial charge in [-0.2, -0.15) is 0 Å². The molecule has 2 aliphatic rings. The van der Waals surface area contributed by atoms with Crippen LogP contribution in [0.2, 0.25) is 5.02 Å². The number of nitrogens with one attached hydrogen (secondary N) is 2. The van der Waals surface area contributed by atoms with E-state index in [1.54, 1.807) is 18.5 Å². The molecule has 4 nitrogen and oxygen atoms in total. The van der Waals surface area contributed by atoms with Gasteiger partial charge in [-0.25, -0.2) is 14.4 Å². The molecule has 6 heteroatoms. The molecule has 0 spiro atoms. The molecule has 23 heavy (non-hydrogen) atoms. The van der Waals surface area contributed by atoms with E-state index in [4.69, 9.17) is 11.6 Å². The van der Waals surface area contributed by atoms with Crippen molar-refractivity contribution in [1.29, 1.82) is 0 Å². The quantitative estimate of drug-likeness (QED) is 0.905. The molecule has 2 fully saturated rings. The maximum Gasteiger partial charge on any atom is 0.222 e. The summed E-state index contributed by atoms with van der Waals surface area (Å²) in [7, 11) is 0. The summed E-state index contributed by atoms with van der Waals surface area (Å²) < 4.78 is 13.4. The monoisotopic (exact) mass is 332 g/mol. The minimum absolute atomic E-state index is 0.322. The molecule has 1 saturated heterocycles. The normalized spacial score (nSPS) is 26.3. The van der Waals surface area contributed by atoms with Crippen LogP contribution < -0.4 is 10.6 Å². The number of anilines is 1. The van der Waals surface area contributed by atoms with Crippen LogP contribution in [-0.2, 0) is 0 Å². The van der Waals surface area contributed by atoms with E-state index in [1.807, 2.05) is 0 Å². The van der Waals surface area contributed by atoms with Crippen LogP contribution in [-0.4, -0.2) is 29.1 Å². The molecule has 1 aromatic carbocycles. The number of hydrogen-bond donors (Lipinski definition) is 2. The van der Waals surface area contributed by atoms with Crippen molar-refractivity contribution in [3.63, 3.8) is 0 Å². The molecule has 120 valence electrons. The summed E-state index contributed by atoms with van der Waals surface area (Å²) in [6.45, 7) is 2.25. The van der Waals surface area contributed by atoms with Crippen molar-refractivity contribution in [2.75, 3.05) is 18.4 Å². The predicted molar refractivity (Wildman–Crippen MR) is 88.9 cm³/mol. The number of benzene rings is 1. The smallest absolute Gasteiger partial charge is 0.222 e. The van der Waals surface area contributed by atoms with Crippen molar-refractivity contribution in [1.82, 2.24) is 15.3 Å². The Kier molecular flexibility index (Phi) is 3.91. The Morgan fingerprint density at radius 2 is 1.83 bits per heavy atom. The van der Waals surface area contributed by atoms with Crippen molar-refractivity contribution < 1.29 is 4.39 Å². The van der Waals surface area contributed by atoms with E-state index in [2.05, 4.69) is 20.6 Å². The molecule has 1 saturated carbocycles. The summed E-state index contributed by atoms with van der Waals surface area (Å²) >= 11 is 6.12. The fraction of sp³-hybridized carbons (Fsp3) is 0.412. The third kappa shape index (κ3) is 3.03. The number of nitrogens with zero attached hydrogens (tertiary/aromatic N) is 2. The average molecular weight is 333 g/mol. The second-order valence-electron chi connectivity index (χ2n) is 6.41. The van der Waals surface area contributed by atoms with Crippen LogP contribution in [0.5, 0.6) is 0 Å². The molecule has 4 rings (SSSR count). The second kappa shape index (κ2) is 6.06. The third-order valence-electron chi connectivity index (χ3n) is 4.88. The minimum atomic E-state index is -0.322. The fourth-order valence-corrected chi connectivity index (χ4v) is 3.95. The number of aromatic nitrogens is 2. The van der Waals surface area contributed by atoms with Gasteiger partial charge in [-0.15, -0.1) is 0 Å². The Morgan fingerprint density at radius 3 is 2.52 bits per heavy atom. The van der Waals surface area contributed by atoms with Gasteiger partial charge in [0.15, 0.2) is 0 Å². The molecule has 0 amide bonds. The molecule has 0 radical (unpaired) electrons. The molecule has 2 unspecified atom stereocenters. The summed E-state index contributed by atoms with van der Waals surface area (Å²) in [6.07, 6.45) is 5.71. The van der Waals surface area contributed by atoms with Gasteiger partial charge in [-0.3, -0.25) is 0 Å². The van der Waals surface area contributed by atoms with Crippen molar-refractivity contribution in [2.24, 2.45) is 11.8 Å². The van der Waals surface area contributed by atoms with Gasteiger partial charge in [-0.05, 0) is 56.0 Å². The highest BCUT2D eigenvalue weighted by molar-refractivity contribution is 6.33. The van der Waals surface area contributed by atoms with Gasteiger partial charge in [0.1, 0.15) is 5.82 Å². The first-order valence-electron chi connectivity index (χ1n) is 7.94. The molecule has 1 aliphatic heterocycles. The molecule has 0 bridgehead atoms. The first-order chi connectivity index (χ1) is 11.2. The van der Waals surface area contributed by atoms with E-state index in [1.165, 1.54) is 25.0 Å². The molecule has 2 atom stereocenters. The topological polar surface area (TPSA) is 49.8 Å². The molecule has 2 N–H and O–H groups in total. The summed E-state index contributed by atoms with van der Waals surface area (Å²) in [5.74, 6) is 1.85. The Bertz CT molecular complexity index is 694. The van der Waals surface area contributed by atoms with Crippen LogP contribution in [0.3, 0.4) is 0 Å². The van der Waals surface area contributed by atoms with E-state index in [-0.39, 0.29) is 5.82 Å². The molecule has 2 aromatic rings. The maximum absolute atomic E-state index is 13.4. The fourth-order valence-electron chi connectivity index (χ4n) is 3.73. The van der Waals surface area contributed by atoms with Crippen LogP contribution >= 0.6 is 11.6 Å². The summed E-state index contributed by atoms with van der Waals surface area (Å²) in [5.41, 5.74) is 1.33. The molecule has 1 aliphatic carbocycles. The van der Waals surface area contributed by atoms with Crippen LogP contribution in [0, 0.1) is 17.7 Å². The lowest BCUT2D eigenvalue weighted by atomic mass is 10.0. The molecular weight excluding hydrogens is 315 g/mol. The van der Waals surface area contributed by atoms with Crippen LogP contribution in [0.4, 0.5) is 10.3 Å². The van der Waals surface area contributed by atoms with E-state index < -0.39 is 0 Å². The summed E-state index contributed by atoms with van der Waals surface area (Å²) in [6, 6.07) is 4.73. The van der Waals surface area contributed by atoms with E-state index >= 15 is 0 Å². The van der Waals surface area contributed by atoms with Gasteiger partial charge >= 0.3 is 0 Å². The second-order valence-corrected chi connectivity index (χ2v) is 6.82. The van der Waals surface area contributed by atoms with Crippen molar-refractivity contribution >= 4 is 17.5 Å². The highest BCUT2D eigenvalue weighted by Crippen LogP contribution is 2.35. The zero-order valence-electron chi connectivity index (χ0n) is 12.6. The van der Waals surface area contributed by atoms with Crippen LogP contribution in [0.25, 0.3) is 11.1 Å². The maximum atomic E-state index is 13.4. The highest BCUT2D eigenvalue weighted by atomic mass is 35.5. The number of fused-ring (bicyclic) bond motifs is 1. The van der Waals surface area contributed by atoms with E-state index in [9.17, 15) is 4.39 Å². The number of hydrogen-bond acceptors (Lipinski definition) is 4. The van der Waals surface area contributed by atoms with Crippen LogP contribution in [0.1, 0.15) is 12.8 Å². The van der Waals surface area contributed by atoms with Gasteiger partial charge in [0, 0.05) is 34.6 Å². The standard InChI is InChI=1S/C17H18ClFN4/c18-16-2-1-13(19)5-15(16)12-8-21-17(22-9-12)23-14-3-10-6-20-7-11(10)4-14/h1-2,5,8-11,14,20H,3-4,6-7H2,(H,21,22,23). The SMILES string of the molecule is Fc1ccc(Cl)c(-c2cnc(NC3CC4CNCC4C3)nc2)c1. The first kappa shape index (κ1) is 14.8. The lowest BCUT2D eigenvalue weighted by Crippen LogP contribution is -2.21. The van der Waals surface area contributed by atoms with Crippen molar-refractivity contribution in [3.05, 3.63) is 41.4 Å². The zero-order chi connectivity index (χ0) is 15.8. The minimum Gasteiger partial charge on any atom is -0.351 e. The van der Waals surface area contributed by atoms with Crippen LogP contribution in [0.15, 0.2) is 30.6 Å². The Balaban J connectivity index is 1.47. The lowest BCUT2D eigenvalue weighted by Gasteiger charge is -2.14. The summed E-state index contributed by atoms with van der Waals surface area (Å²) in [4.78, 5) is 8.73. The van der Waals surface area contributed by atoms with Gasteiger partial charge in [0.05, 0.1) is 0 Å². The summed E-state index contributed by atoms with van der Waals surface area (Å²) in [5, 5.41) is 7.35. The Labute approximate surface area is 139 Å². The number of rotatable bonds is 3. The highest BCUT2D eigenvalue weighted by Gasteiger charge is 2.37. The van der Waals surface area contributed by atoms with Gasteiger partial charge in [0.25, 0.3) is 0 Å². The third-order valence-corrected chi connectivity index (χ3v) is 5.21. The Morgan fingerprint density at radius 1 is 1.13 bits per heavy atom. The average Bonchev–Trinajstić information content (AvgIpc) is 3.12. The zero-order valence-corrected chi connectivity index (χ0v) is 13.4. The van der Waals surface area contributed by atoms with Crippen molar-refractivity contribution in [3.8, 4) is 11.1 Å².